The number of nitrogen functional groups attached to an aromatic ring is 1. The number of nitrogens with zero attached hydrogens (tertiary/aromatic N) is 2. The Morgan fingerprint density at radius 2 is 2.08 bits per heavy atom. The Bertz CT molecular complexity index is 1030. The molecule has 0 saturated heterocycles. The van der Waals surface area contributed by atoms with E-state index in [0.717, 1.165) is 33.9 Å². The van der Waals surface area contributed by atoms with E-state index < -0.39 is 0 Å². The number of rotatable bonds is 3. The van der Waals surface area contributed by atoms with Crippen LogP contribution in [0.4, 0.5) is 11.5 Å². The molecular weight excluding hydrogens is 348 g/mol. The first-order valence-corrected chi connectivity index (χ1v) is 8.93. The maximum Gasteiger partial charge on any atom is 0.228 e. The van der Waals surface area contributed by atoms with Gasteiger partial charge < -0.3 is 11.1 Å². The van der Waals surface area contributed by atoms with E-state index in [-0.39, 0.29) is 11.8 Å². The lowest BCUT2D eigenvalue weighted by molar-refractivity contribution is -0.117. The molecule has 6 heteroatoms. The van der Waals surface area contributed by atoms with Crippen LogP contribution in [0.3, 0.4) is 0 Å². The first kappa shape index (κ1) is 16.8. The molecular formula is C20H19ClN4O. The van der Waals surface area contributed by atoms with E-state index in [9.17, 15) is 4.79 Å². The molecule has 0 aliphatic heterocycles. The van der Waals surface area contributed by atoms with Gasteiger partial charge in [0, 0.05) is 41.0 Å². The van der Waals surface area contributed by atoms with E-state index in [0.29, 0.717) is 22.4 Å². The Morgan fingerprint density at radius 1 is 1.31 bits per heavy atom. The van der Waals surface area contributed by atoms with Crippen LogP contribution in [0, 0.1) is 18.8 Å². The summed E-state index contributed by atoms with van der Waals surface area (Å²) in [6.07, 6.45) is 6.11. The van der Waals surface area contributed by atoms with Crippen LogP contribution < -0.4 is 11.1 Å². The Labute approximate surface area is 156 Å². The van der Waals surface area contributed by atoms with Gasteiger partial charge in [0.1, 0.15) is 5.82 Å². The SMILES string of the molecule is Cc1ccncc1-c1cc2cc(NC(=O)[C@H]3C[C@@H]3C)ncc2c(N)c1Cl. The molecule has 3 N–H and O–H groups in total. The summed E-state index contributed by atoms with van der Waals surface area (Å²) in [6.45, 7) is 4.08. The van der Waals surface area contributed by atoms with E-state index in [1.165, 1.54) is 0 Å². The van der Waals surface area contributed by atoms with Crippen molar-refractivity contribution in [2.75, 3.05) is 11.1 Å². The van der Waals surface area contributed by atoms with Gasteiger partial charge in [-0.05, 0) is 48.4 Å². The first-order valence-electron chi connectivity index (χ1n) is 8.55. The van der Waals surface area contributed by atoms with Gasteiger partial charge in [-0.2, -0.15) is 0 Å². The molecule has 1 fully saturated rings. The van der Waals surface area contributed by atoms with Crippen LogP contribution in [0.1, 0.15) is 18.9 Å². The van der Waals surface area contributed by atoms with Crippen molar-refractivity contribution in [1.82, 2.24) is 9.97 Å². The number of hydrogen-bond donors (Lipinski definition) is 2. The highest BCUT2D eigenvalue weighted by molar-refractivity contribution is 6.37. The number of carbonyl (C=O) groups excluding carboxylic acids is 1. The molecule has 0 unspecified atom stereocenters. The molecule has 5 nitrogen and oxygen atoms in total. The van der Waals surface area contributed by atoms with Crippen LogP contribution in [0.15, 0.2) is 36.8 Å². The highest BCUT2D eigenvalue weighted by Crippen LogP contribution is 2.40. The number of hydrogen-bond acceptors (Lipinski definition) is 4. The summed E-state index contributed by atoms with van der Waals surface area (Å²) in [5.74, 6) is 1.09. The highest BCUT2D eigenvalue weighted by atomic mass is 35.5. The smallest absolute Gasteiger partial charge is 0.228 e. The number of nitrogens with two attached hydrogens (primary N) is 1. The lowest BCUT2D eigenvalue weighted by atomic mass is 9.99. The third kappa shape index (κ3) is 2.88. The van der Waals surface area contributed by atoms with E-state index in [4.69, 9.17) is 17.3 Å². The van der Waals surface area contributed by atoms with Crippen molar-refractivity contribution in [1.29, 1.82) is 0 Å². The predicted octanol–water partition coefficient (Wildman–Crippen LogP) is 4.44. The maximum atomic E-state index is 12.2. The van der Waals surface area contributed by atoms with Gasteiger partial charge in [-0.1, -0.05) is 18.5 Å². The Morgan fingerprint density at radius 3 is 2.77 bits per heavy atom. The fourth-order valence-corrected chi connectivity index (χ4v) is 3.47. The molecule has 0 spiro atoms. The molecule has 1 saturated carbocycles. The van der Waals surface area contributed by atoms with Gasteiger partial charge in [0.15, 0.2) is 0 Å². The Balaban J connectivity index is 1.78. The number of carbonyl (C=O) groups is 1. The molecule has 132 valence electrons. The zero-order valence-electron chi connectivity index (χ0n) is 14.6. The van der Waals surface area contributed by atoms with Crippen molar-refractivity contribution in [3.8, 4) is 11.1 Å². The van der Waals surface area contributed by atoms with Crippen LogP contribution in [0.5, 0.6) is 0 Å². The molecule has 0 bridgehead atoms. The van der Waals surface area contributed by atoms with Gasteiger partial charge in [-0.25, -0.2) is 4.98 Å². The third-order valence-corrected chi connectivity index (χ3v) is 5.43. The lowest BCUT2D eigenvalue weighted by Gasteiger charge is -2.13. The summed E-state index contributed by atoms with van der Waals surface area (Å²) >= 11 is 6.52. The van der Waals surface area contributed by atoms with Crippen LogP contribution in [-0.4, -0.2) is 15.9 Å². The average Bonchev–Trinajstić information content (AvgIpc) is 3.36. The van der Waals surface area contributed by atoms with Gasteiger partial charge >= 0.3 is 0 Å². The number of benzene rings is 1. The molecule has 2 aromatic heterocycles. The number of aromatic nitrogens is 2. The predicted molar refractivity (Wildman–Crippen MR) is 105 cm³/mol. The van der Waals surface area contributed by atoms with E-state index >= 15 is 0 Å². The van der Waals surface area contributed by atoms with E-state index in [1.54, 1.807) is 18.6 Å². The van der Waals surface area contributed by atoms with Crippen LogP contribution >= 0.6 is 11.6 Å². The normalized spacial score (nSPS) is 18.7. The van der Waals surface area contributed by atoms with Gasteiger partial charge in [0.05, 0.1) is 10.7 Å². The topological polar surface area (TPSA) is 80.9 Å². The van der Waals surface area contributed by atoms with Gasteiger partial charge in [-0.15, -0.1) is 0 Å². The molecule has 26 heavy (non-hydrogen) atoms. The highest BCUT2D eigenvalue weighted by Gasteiger charge is 2.39. The molecule has 1 aliphatic rings. The second-order valence-electron chi connectivity index (χ2n) is 6.94. The minimum Gasteiger partial charge on any atom is -0.397 e. The van der Waals surface area contributed by atoms with Gasteiger partial charge in [-0.3, -0.25) is 9.78 Å². The molecule has 1 amide bonds. The first-order chi connectivity index (χ1) is 12.5. The molecule has 1 aromatic carbocycles. The van der Waals surface area contributed by atoms with Crippen molar-refractivity contribution < 1.29 is 4.79 Å². The maximum absolute atomic E-state index is 12.2. The van der Waals surface area contributed by atoms with Gasteiger partial charge in [0.2, 0.25) is 5.91 Å². The Kier molecular flexibility index (Phi) is 4.04. The third-order valence-electron chi connectivity index (χ3n) is 5.03. The summed E-state index contributed by atoms with van der Waals surface area (Å²) in [4.78, 5) is 20.7. The number of aryl methyl sites for hydroxylation is 1. The van der Waals surface area contributed by atoms with Crippen molar-refractivity contribution in [2.24, 2.45) is 11.8 Å². The molecule has 2 heterocycles. The monoisotopic (exact) mass is 366 g/mol. The van der Waals surface area contributed by atoms with E-state index in [1.807, 2.05) is 25.1 Å². The summed E-state index contributed by atoms with van der Waals surface area (Å²) in [6, 6.07) is 5.73. The number of nitrogens with one attached hydrogen (secondary N) is 1. The average molecular weight is 367 g/mol. The zero-order valence-corrected chi connectivity index (χ0v) is 15.3. The van der Waals surface area contributed by atoms with Crippen molar-refractivity contribution in [3.05, 3.63) is 47.4 Å². The lowest BCUT2D eigenvalue weighted by Crippen LogP contribution is -2.15. The molecule has 4 rings (SSSR count). The second kappa shape index (κ2) is 6.25. The number of halogens is 1. The molecule has 3 aromatic rings. The summed E-state index contributed by atoms with van der Waals surface area (Å²) in [7, 11) is 0. The molecule has 0 radical (unpaired) electrons. The quantitative estimate of drug-likeness (QED) is 0.671. The minimum atomic E-state index is 0.0228. The van der Waals surface area contributed by atoms with Crippen LogP contribution in [0.25, 0.3) is 21.9 Å². The van der Waals surface area contributed by atoms with Crippen molar-refractivity contribution in [3.63, 3.8) is 0 Å². The summed E-state index contributed by atoms with van der Waals surface area (Å²) in [5, 5.41) is 5.02. The number of pyridine rings is 2. The fraction of sp³-hybridized carbons (Fsp3) is 0.250. The summed E-state index contributed by atoms with van der Waals surface area (Å²) < 4.78 is 0. The number of amides is 1. The molecule has 1 aliphatic carbocycles. The standard InChI is InChI=1S/C20H19ClN4O/c1-10-3-4-23-8-15(10)14-6-12-7-17(25-20(26)13-5-11(13)2)24-9-16(12)19(22)18(14)21/h3-4,6-9,11,13H,5,22H2,1-2H3,(H,24,25,26)/t11-,13-/m0/s1. The van der Waals surface area contributed by atoms with Crippen LogP contribution in [0.2, 0.25) is 5.02 Å². The largest absolute Gasteiger partial charge is 0.397 e. The van der Waals surface area contributed by atoms with Gasteiger partial charge in [0.25, 0.3) is 0 Å². The van der Waals surface area contributed by atoms with E-state index in [2.05, 4.69) is 22.2 Å². The zero-order chi connectivity index (χ0) is 18.4. The number of anilines is 2. The van der Waals surface area contributed by atoms with Crippen molar-refractivity contribution in [2.45, 2.75) is 20.3 Å². The molecule has 2 atom stereocenters. The fourth-order valence-electron chi connectivity index (χ4n) is 3.21. The second-order valence-corrected chi connectivity index (χ2v) is 7.32. The number of fused-ring (bicyclic) bond motifs is 1. The summed E-state index contributed by atoms with van der Waals surface area (Å²) in [5.41, 5.74) is 9.54. The Hall–Kier alpha value is -2.66. The van der Waals surface area contributed by atoms with Crippen molar-refractivity contribution >= 4 is 39.8 Å². The van der Waals surface area contributed by atoms with Crippen LogP contribution in [-0.2, 0) is 4.79 Å². The minimum absolute atomic E-state index is 0.0228.